The summed E-state index contributed by atoms with van der Waals surface area (Å²) in [5.74, 6) is -2.61. The van der Waals surface area contributed by atoms with Gasteiger partial charge in [0.2, 0.25) is 5.82 Å². The van der Waals surface area contributed by atoms with Crippen LogP contribution in [0.1, 0.15) is 39.6 Å². The monoisotopic (exact) mass is 561 g/mol. The van der Waals surface area contributed by atoms with Gasteiger partial charge in [-0.2, -0.15) is 13.2 Å². The van der Waals surface area contributed by atoms with Crippen LogP contribution in [-0.2, 0) is 10.9 Å². The summed E-state index contributed by atoms with van der Waals surface area (Å²) in [4.78, 5) is 24.7. The zero-order valence-corrected chi connectivity index (χ0v) is 21.4. The molecule has 1 aliphatic heterocycles. The van der Waals surface area contributed by atoms with Crippen molar-refractivity contribution in [1.82, 2.24) is 25.6 Å². The Bertz CT molecular complexity index is 1220. The van der Waals surface area contributed by atoms with E-state index in [0.29, 0.717) is 18.2 Å². The van der Waals surface area contributed by atoms with E-state index in [-0.39, 0.29) is 47.6 Å². The van der Waals surface area contributed by atoms with Crippen molar-refractivity contribution in [3.63, 3.8) is 0 Å². The van der Waals surface area contributed by atoms with Gasteiger partial charge < -0.3 is 20.1 Å². The van der Waals surface area contributed by atoms with Crippen molar-refractivity contribution in [3.8, 4) is 16.3 Å². The molecule has 200 valence electrons. The number of thiazole rings is 1. The van der Waals surface area contributed by atoms with E-state index >= 15 is 4.39 Å². The molecule has 14 heteroatoms. The number of aryl methyl sites for hydroxylation is 1. The fourth-order valence-corrected chi connectivity index (χ4v) is 4.24. The first-order valence-corrected chi connectivity index (χ1v) is 11.8. The highest BCUT2D eigenvalue weighted by molar-refractivity contribution is 7.14. The van der Waals surface area contributed by atoms with Gasteiger partial charge in [0.05, 0.1) is 23.8 Å². The summed E-state index contributed by atoms with van der Waals surface area (Å²) in [5, 5.41) is 6.15. The van der Waals surface area contributed by atoms with Crippen LogP contribution >= 0.6 is 23.7 Å². The van der Waals surface area contributed by atoms with Gasteiger partial charge in [0.25, 0.3) is 5.91 Å². The molecular formula is C23H24ClF4N5O3S. The molecule has 3 heterocycles. The Hall–Kier alpha value is -2.87. The number of alkyl halides is 3. The standard InChI is InChI=1S/C23H23F4N5O3S.ClH/c1-12-7-29-21(36-12)18-6-15(35-11-16-10-28-3-4-34-16)5-17(19(18)24)20(33)32-13(2)14-8-30-22(31-9-14)23(25,26)27;/h5-9,13,16,28H,3-4,10-11H2,1-2H3,(H,32,33);1H/t13-,16?;/m1./s1. The number of hydrogen-bond acceptors (Lipinski definition) is 8. The van der Waals surface area contributed by atoms with Gasteiger partial charge in [-0.15, -0.1) is 23.7 Å². The molecule has 0 spiro atoms. The Balaban J connectivity index is 0.00000380. The van der Waals surface area contributed by atoms with Crippen molar-refractivity contribution < 1.29 is 31.8 Å². The number of rotatable bonds is 7. The number of morpholine rings is 1. The summed E-state index contributed by atoms with van der Waals surface area (Å²) in [6.45, 7) is 5.43. The summed E-state index contributed by atoms with van der Waals surface area (Å²) >= 11 is 1.26. The van der Waals surface area contributed by atoms with Gasteiger partial charge in [0, 0.05) is 42.1 Å². The minimum absolute atomic E-state index is 0. The van der Waals surface area contributed by atoms with Crippen LogP contribution in [0.3, 0.4) is 0 Å². The van der Waals surface area contributed by atoms with Gasteiger partial charge >= 0.3 is 6.18 Å². The molecular weight excluding hydrogens is 538 g/mol. The van der Waals surface area contributed by atoms with Crippen molar-refractivity contribution >= 4 is 29.7 Å². The van der Waals surface area contributed by atoms with Gasteiger partial charge in [0.15, 0.2) is 0 Å². The average molecular weight is 562 g/mol. The minimum atomic E-state index is -4.68. The van der Waals surface area contributed by atoms with Crippen LogP contribution in [-0.4, -0.2) is 53.3 Å². The molecule has 2 atom stereocenters. The Kier molecular flexibility index (Phi) is 9.40. The number of carbonyl (C=O) groups is 1. The van der Waals surface area contributed by atoms with Gasteiger partial charge in [-0.05, 0) is 26.0 Å². The molecule has 1 saturated heterocycles. The van der Waals surface area contributed by atoms with Crippen molar-refractivity contribution in [3.05, 3.63) is 58.4 Å². The second-order valence-electron chi connectivity index (χ2n) is 8.15. The van der Waals surface area contributed by atoms with Gasteiger partial charge in [-0.3, -0.25) is 4.79 Å². The fraction of sp³-hybridized carbons (Fsp3) is 0.391. The largest absolute Gasteiger partial charge is 0.491 e. The van der Waals surface area contributed by atoms with E-state index in [1.807, 2.05) is 6.92 Å². The third-order valence-corrected chi connectivity index (χ3v) is 6.30. The van der Waals surface area contributed by atoms with Crippen LogP contribution in [0.15, 0.2) is 30.7 Å². The molecule has 0 radical (unpaired) electrons. The smallest absolute Gasteiger partial charge is 0.451 e. The SMILES string of the molecule is Cc1cnc(-c2cc(OCC3CNCCO3)cc(C(=O)N[C@H](C)c3cnc(C(F)(F)F)nc3)c2F)s1.Cl. The average Bonchev–Trinajstić information content (AvgIpc) is 3.29. The molecule has 2 aromatic heterocycles. The molecule has 1 aromatic carbocycles. The normalized spacial score (nSPS) is 16.5. The van der Waals surface area contributed by atoms with E-state index in [9.17, 15) is 18.0 Å². The molecule has 8 nitrogen and oxygen atoms in total. The number of nitrogens with one attached hydrogen (secondary N) is 2. The number of aromatic nitrogens is 3. The van der Waals surface area contributed by atoms with Crippen LogP contribution in [0.25, 0.3) is 10.6 Å². The van der Waals surface area contributed by atoms with Crippen molar-refractivity contribution in [2.24, 2.45) is 0 Å². The molecule has 0 aliphatic carbocycles. The van der Waals surface area contributed by atoms with E-state index in [4.69, 9.17) is 9.47 Å². The Labute approximate surface area is 220 Å². The summed E-state index contributed by atoms with van der Waals surface area (Å²) in [6.07, 6.45) is -1.35. The van der Waals surface area contributed by atoms with Gasteiger partial charge in [-0.1, -0.05) is 0 Å². The minimum Gasteiger partial charge on any atom is -0.491 e. The van der Waals surface area contributed by atoms with E-state index < -0.39 is 29.8 Å². The lowest BCUT2D eigenvalue weighted by atomic mass is 10.1. The van der Waals surface area contributed by atoms with E-state index in [0.717, 1.165) is 23.8 Å². The number of hydrogen-bond donors (Lipinski definition) is 2. The highest BCUT2D eigenvalue weighted by Crippen LogP contribution is 2.33. The Morgan fingerprint density at radius 2 is 2.00 bits per heavy atom. The number of ether oxygens (including phenoxy) is 2. The highest BCUT2D eigenvalue weighted by Gasteiger charge is 2.34. The highest BCUT2D eigenvalue weighted by atomic mass is 35.5. The molecule has 0 saturated carbocycles. The first-order valence-electron chi connectivity index (χ1n) is 11.0. The van der Waals surface area contributed by atoms with Crippen molar-refractivity contribution in [2.75, 3.05) is 26.3 Å². The lowest BCUT2D eigenvalue weighted by Crippen LogP contribution is -2.41. The number of nitrogens with zero attached hydrogens (tertiary/aromatic N) is 3. The predicted molar refractivity (Wildman–Crippen MR) is 131 cm³/mol. The molecule has 1 fully saturated rings. The van der Waals surface area contributed by atoms with E-state index in [1.54, 1.807) is 6.20 Å². The molecule has 1 aliphatic rings. The van der Waals surface area contributed by atoms with E-state index in [1.165, 1.54) is 30.4 Å². The van der Waals surface area contributed by atoms with Crippen LogP contribution in [0.5, 0.6) is 5.75 Å². The summed E-state index contributed by atoms with van der Waals surface area (Å²) in [7, 11) is 0. The van der Waals surface area contributed by atoms with Crippen LogP contribution in [0.2, 0.25) is 0 Å². The van der Waals surface area contributed by atoms with Gasteiger partial charge in [0.1, 0.15) is 29.3 Å². The predicted octanol–water partition coefficient (Wildman–Crippen LogP) is 4.35. The molecule has 1 unspecified atom stereocenters. The summed E-state index contributed by atoms with van der Waals surface area (Å²) < 4.78 is 65.1. The first-order chi connectivity index (χ1) is 17.1. The van der Waals surface area contributed by atoms with Crippen LogP contribution in [0.4, 0.5) is 17.6 Å². The van der Waals surface area contributed by atoms with Crippen molar-refractivity contribution in [2.45, 2.75) is 32.2 Å². The molecule has 3 aromatic rings. The second kappa shape index (κ2) is 12.1. The maximum Gasteiger partial charge on any atom is 0.451 e. The first kappa shape index (κ1) is 28.7. The number of halogens is 5. The summed E-state index contributed by atoms with van der Waals surface area (Å²) in [6, 6.07) is 1.96. The molecule has 37 heavy (non-hydrogen) atoms. The second-order valence-corrected chi connectivity index (χ2v) is 9.38. The molecule has 2 N–H and O–H groups in total. The molecule has 1 amide bonds. The number of carbonyl (C=O) groups excluding carboxylic acids is 1. The van der Waals surface area contributed by atoms with Crippen LogP contribution < -0.4 is 15.4 Å². The van der Waals surface area contributed by atoms with Gasteiger partial charge in [-0.25, -0.2) is 19.3 Å². The van der Waals surface area contributed by atoms with Crippen molar-refractivity contribution in [1.29, 1.82) is 0 Å². The third-order valence-electron chi connectivity index (χ3n) is 5.36. The number of amides is 1. The summed E-state index contributed by atoms with van der Waals surface area (Å²) in [5.41, 5.74) is 0.0311. The fourth-order valence-electron chi connectivity index (χ4n) is 3.46. The Morgan fingerprint density at radius 1 is 1.27 bits per heavy atom. The topological polar surface area (TPSA) is 98.3 Å². The molecule has 0 bridgehead atoms. The maximum atomic E-state index is 15.5. The third kappa shape index (κ3) is 7.12. The molecule has 4 rings (SSSR count). The van der Waals surface area contributed by atoms with Crippen LogP contribution in [0, 0.1) is 12.7 Å². The Morgan fingerprint density at radius 3 is 2.59 bits per heavy atom. The lowest BCUT2D eigenvalue weighted by molar-refractivity contribution is -0.145. The zero-order valence-electron chi connectivity index (χ0n) is 19.8. The number of benzene rings is 1. The maximum absolute atomic E-state index is 15.5. The zero-order chi connectivity index (χ0) is 25.9. The van der Waals surface area contributed by atoms with E-state index in [2.05, 4.69) is 25.6 Å². The lowest BCUT2D eigenvalue weighted by Gasteiger charge is -2.24. The quantitative estimate of drug-likeness (QED) is 0.414.